The number of carbonyl (C=O) groups is 1. The van der Waals surface area contributed by atoms with Crippen LogP contribution in [0, 0.1) is 5.82 Å². The maximum atomic E-state index is 13.0. The highest BCUT2D eigenvalue weighted by Crippen LogP contribution is 2.22. The van der Waals surface area contributed by atoms with Crippen LogP contribution in [0.1, 0.15) is 11.7 Å². The quantitative estimate of drug-likeness (QED) is 0.837. The topological polar surface area (TPSA) is 42.0 Å². The Kier molecular flexibility index (Phi) is 5.02. The Balaban J connectivity index is 1.56. The summed E-state index contributed by atoms with van der Waals surface area (Å²) < 4.78 is 24.0. The molecular weight excluding hydrogens is 287 g/mol. The first kappa shape index (κ1) is 15.4. The molecule has 2 fully saturated rings. The number of halogens is 1. The zero-order chi connectivity index (χ0) is 15.4. The zero-order valence-electron chi connectivity index (χ0n) is 12.5. The van der Waals surface area contributed by atoms with Gasteiger partial charge in [-0.2, -0.15) is 0 Å². The fraction of sp³-hybridized carbons (Fsp3) is 0.562. The molecule has 0 bridgehead atoms. The van der Waals surface area contributed by atoms with Crippen molar-refractivity contribution < 1.29 is 18.7 Å². The monoisotopic (exact) mass is 308 g/mol. The second kappa shape index (κ2) is 7.17. The molecule has 5 nitrogen and oxygen atoms in total. The van der Waals surface area contributed by atoms with Crippen LogP contribution in [-0.2, 0) is 14.3 Å². The van der Waals surface area contributed by atoms with Crippen molar-refractivity contribution in [1.82, 2.24) is 9.80 Å². The van der Waals surface area contributed by atoms with E-state index in [1.54, 1.807) is 12.1 Å². The molecule has 1 amide bonds. The summed E-state index contributed by atoms with van der Waals surface area (Å²) in [6, 6.07) is 6.37. The predicted molar refractivity (Wildman–Crippen MR) is 78.9 cm³/mol. The minimum absolute atomic E-state index is 0.105. The molecule has 2 aliphatic heterocycles. The van der Waals surface area contributed by atoms with E-state index in [0.717, 1.165) is 12.1 Å². The third-order valence-electron chi connectivity index (χ3n) is 4.12. The minimum atomic E-state index is -0.251. The maximum absolute atomic E-state index is 13.0. The number of ether oxygens (including phenoxy) is 2. The third kappa shape index (κ3) is 3.82. The summed E-state index contributed by atoms with van der Waals surface area (Å²) in [6.07, 6.45) is -0.105. The van der Waals surface area contributed by atoms with Crippen LogP contribution >= 0.6 is 0 Å². The standard InChI is InChI=1S/C16H21FN2O3/c17-14-3-1-13(2-4-14)15-11-18(5-10-22-15)12-16(20)19-6-8-21-9-7-19/h1-4,15H,5-12H2. The van der Waals surface area contributed by atoms with Crippen LogP contribution in [0.5, 0.6) is 0 Å². The first-order valence-electron chi connectivity index (χ1n) is 7.67. The molecule has 1 aromatic rings. The smallest absolute Gasteiger partial charge is 0.236 e. The van der Waals surface area contributed by atoms with Gasteiger partial charge in [0, 0.05) is 26.2 Å². The molecule has 120 valence electrons. The maximum Gasteiger partial charge on any atom is 0.236 e. The lowest BCUT2D eigenvalue weighted by atomic mass is 10.1. The number of nitrogens with zero attached hydrogens (tertiary/aromatic N) is 2. The summed E-state index contributed by atoms with van der Waals surface area (Å²) >= 11 is 0. The Labute approximate surface area is 129 Å². The number of benzene rings is 1. The van der Waals surface area contributed by atoms with Gasteiger partial charge in [0.15, 0.2) is 0 Å². The van der Waals surface area contributed by atoms with Crippen molar-refractivity contribution in [1.29, 1.82) is 0 Å². The van der Waals surface area contributed by atoms with Crippen molar-refractivity contribution in [3.05, 3.63) is 35.6 Å². The van der Waals surface area contributed by atoms with Gasteiger partial charge < -0.3 is 14.4 Å². The summed E-state index contributed by atoms with van der Waals surface area (Å²) in [4.78, 5) is 16.3. The van der Waals surface area contributed by atoms with Crippen molar-refractivity contribution in [2.24, 2.45) is 0 Å². The van der Waals surface area contributed by atoms with Gasteiger partial charge in [0.2, 0.25) is 5.91 Å². The van der Waals surface area contributed by atoms with Crippen LogP contribution in [0.15, 0.2) is 24.3 Å². The number of hydrogen-bond acceptors (Lipinski definition) is 4. The molecule has 2 heterocycles. The minimum Gasteiger partial charge on any atom is -0.378 e. The number of hydrogen-bond donors (Lipinski definition) is 0. The van der Waals surface area contributed by atoms with Gasteiger partial charge >= 0.3 is 0 Å². The molecule has 2 aliphatic rings. The normalized spacial score (nSPS) is 23.5. The number of rotatable bonds is 3. The van der Waals surface area contributed by atoms with Crippen LogP contribution in [0.25, 0.3) is 0 Å². The second-order valence-electron chi connectivity index (χ2n) is 5.64. The SMILES string of the molecule is O=C(CN1CCOC(c2ccc(F)cc2)C1)N1CCOCC1. The van der Waals surface area contributed by atoms with Gasteiger partial charge in [-0.05, 0) is 17.7 Å². The molecule has 0 aliphatic carbocycles. The average Bonchev–Trinajstić information content (AvgIpc) is 2.56. The van der Waals surface area contributed by atoms with Crippen molar-refractivity contribution in [2.75, 3.05) is 52.5 Å². The molecule has 1 unspecified atom stereocenters. The second-order valence-corrected chi connectivity index (χ2v) is 5.64. The molecular formula is C16H21FN2O3. The van der Waals surface area contributed by atoms with Crippen molar-refractivity contribution in [2.45, 2.75) is 6.10 Å². The highest BCUT2D eigenvalue weighted by atomic mass is 19.1. The predicted octanol–water partition coefficient (Wildman–Crippen LogP) is 1.06. The molecule has 6 heteroatoms. The van der Waals surface area contributed by atoms with Gasteiger partial charge in [0.05, 0.1) is 32.5 Å². The number of morpholine rings is 2. The van der Waals surface area contributed by atoms with E-state index in [4.69, 9.17) is 9.47 Å². The van der Waals surface area contributed by atoms with E-state index in [1.165, 1.54) is 12.1 Å². The van der Waals surface area contributed by atoms with Crippen LogP contribution < -0.4 is 0 Å². The van der Waals surface area contributed by atoms with Crippen LogP contribution in [0.4, 0.5) is 4.39 Å². The molecule has 0 spiro atoms. The van der Waals surface area contributed by atoms with Crippen molar-refractivity contribution in [3.8, 4) is 0 Å². The molecule has 0 aromatic heterocycles. The van der Waals surface area contributed by atoms with Crippen LogP contribution in [0.2, 0.25) is 0 Å². The van der Waals surface area contributed by atoms with Gasteiger partial charge in [-0.25, -0.2) is 4.39 Å². The fourth-order valence-corrected chi connectivity index (χ4v) is 2.83. The lowest BCUT2D eigenvalue weighted by molar-refractivity contribution is -0.138. The Morgan fingerprint density at radius 2 is 1.86 bits per heavy atom. The Morgan fingerprint density at radius 1 is 1.14 bits per heavy atom. The lowest BCUT2D eigenvalue weighted by Gasteiger charge is -2.35. The van der Waals surface area contributed by atoms with E-state index in [-0.39, 0.29) is 17.8 Å². The average molecular weight is 308 g/mol. The third-order valence-corrected chi connectivity index (χ3v) is 4.12. The number of amides is 1. The first-order valence-corrected chi connectivity index (χ1v) is 7.67. The van der Waals surface area contributed by atoms with Crippen molar-refractivity contribution >= 4 is 5.91 Å². The lowest BCUT2D eigenvalue weighted by Crippen LogP contribution is -2.48. The van der Waals surface area contributed by atoms with Gasteiger partial charge in [-0.15, -0.1) is 0 Å². The molecule has 0 saturated carbocycles. The zero-order valence-corrected chi connectivity index (χ0v) is 12.5. The van der Waals surface area contributed by atoms with Crippen LogP contribution in [0.3, 0.4) is 0 Å². The Bertz CT molecular complexity index is 503. The molecule has 1 atom stereocenters. The van der Waals surface area contributed by atoms with Crippen molar-refractivity contribution in [3.63, 3.8) is 0 Å². The van der Waals surface area contributed by atoms with E-state index >= 15 is 0 Å². The van der Waals surface area contributed by atoms with E-state index in [2.05, 4.69) is 4.90 Å². The highest BCUT2D eigenvalue weighted by Gasteiger charge is 2.25. The van der Waals surface area contributed by atoms with E-state index in [0.29, 0.717) is 46.0 Å². The van der Waals surface area contributed by atoms with E-state index in [9.17, 15) is 9.18 Å². The summed E-state index contributed by atoms with van der Waals surface area (Å²) in [5, 5.41) is 0. The Morgan fingerprint density at radius 3 is 2.59 bits per heavy atom. The van der Waals surface area contributed by atoms with Crippen LogP contribution in [-0.4, -0.2) is 68.3 Å². The summed E-state index contributed by atoms with van der Waals surface area (Å²) in [5.41, 5.74) is 0.949. The van der Waals surface area contributed by atoms with Gasteiger partial charge in [-0.3, -0.25) is 9.69 Å². The van der Waals surface area contributed by atoms with Gasteiger partial charge in [0.1, 0.15) is 5.82 Å². The number of carbonyl (C=O) groups excluding carboxylic acids is 1. The highest BCUT2D eigenvalue weighted by molar-refractivity contribution is 5.78. The fourth-order valence-electron chi connectivity index (χ4n) is 2.83. The first-order chi connectivity index (χ1) is 10.7. The molecule has 0 radical (unpaired) electrons. The summed E-state index contributed by atoms with van der Waals surface area (Å²) in [6.45, 7) is 4.96. The van der Waals surface area contributed by atoms with E-state index < -0.39 is 0 Å². The van der Waals surface area contributed by atoms with Gasteiger partial charge in [0.25, 0.3) is 0 Å². The summed E-state index contributed by atoms with van der Waals surface area (Å²) in [7, 11) is 0. The summed E-state index contributed by atoms with van der Waals surface area (Å²) in [5.74, 6) is -0.109. The molecule has 22 heavy (non-hydrogen) atoms. The Hall–Kier alpha value is -1.50. The molecule has 3 rings (SSSR count). The molecule has 2 saturated heterocycles. The molecule has 1 aromatic carbocycles. The van der Waals surface area contributed by atoms with Gasteiger partial charge in [-0.1, -0.05) is 12.1 Å². The van der Waals surface area contributed by atoms with E-state index in [1.807, 2.05) is 4.90 Å². The molecule has 0 N–H and O–H groups in total. The largest absolute Gasteiger partial charge is 0.378 e.